The quantitative estimate of drug-likeness (QED) is 0.446. The number of nitrogens with zero attached hydrogens (tertiary/aromatic N) is 1. The van der Waals surface area contributed by atoms with Gasteiger partial charge < -0.3 is 10.4 Å². The lowest BCUT2D eigenvalue weighted by atomic mass is 10.1. The highest BCUT2D eigenvalue weighted by atomic mass is 35.5. The average molecular weight is 505 g/mol. The van der Waals surface area contributed by atoms with E-state index in [2.05, 4.69) is 10.3 Å². The minimum Gasteiger partial charge on any atom is -0.478 e. The van der Waals surface area contributed by atoms with Gasteiger partial charge in [-0.3, -0.25) is 9.78 Å². The van der Waals surface area contributed by atoms with Crippen LogP contribution in [0.3, 0.4) is 0 Å². The molecule has 0 unspecified atom stereocenters. The fourth-order valence-electron chi connectivity index (χ4n) is 2.87. The molecule has 0 bridgehead atoms. The fourth-order valence-corrected chi connectivity index (χ4v) is 4.06. The van der Waals surface area contributed by atoms with Crippen molar-refractivity contribution < 1.29 is 23.1 Å². The van der Waals surface area contributed by atoms with Crippen molar-refractivity contribution in [3.63, 3.8) is 0 Å². The molecule has 0 saturated heterocycles. The molecule has 0 radical (unpaired) electrons. The van der Waals surface area contributed by atoms with Crippen LogP contribution in [-0.2, 0) is 14.6 Å². The van der Waals surface area contributed by atoms with Gasteiger partial charge in [0.25, 0.3) is 5.91 Å². The van der Waals surface area contributed by atoms with Crippen LogP contribution in [0, 0.1) is 0 Å². The summed E-state index contributed by atoms with van der Waals surface area (Å²) in [6.07, 6.45) is 4.07. The van der Waals surface area contributed by atoms with Crippen LogP contribution in [0.25, 0.3) is 17.3 Å². The van der Waals surface area contributed by atoms with E-state index in [0.717, 1.165) is 6.26 Å². The van der Waals surface area contributed by atoms with E-state index >= 15 is 0 Å². The van der Waals surface area contributed by atoms with Gasteiger partial charge >= 0.3 is 5.97 Å². The number of pyridine rings is 1. The van der Waals surface area contributed by atoms with E-state index in [9.17, 15) is 18.0 Å². The lowest BCUT2D eigenvalue weighted by Gasteiger charge is -2.11. The molecule has 10 heteroatoms. The molecule has 33 heavy (non-hydrogen) atoms. The minimum atomic E-state index is -3.45. The number of amides is 1. The van der Waals surface area contributed by atoms with Gasteiger partial charge in [-0.05, 0) is 61.0 Å². The molecule has 2 aromatic carbocycles. The summed E-state index contributed by atoms with van der Waals surface area (Å²) in [4.78, 5) is 28.0. The van der Waals surface area contributed by atoms with Gasteiger partial charge in [0.15, 0.2) is 9.84 Å². The fraction of sp³-hybridized carbons (Fsp3) is 0.0870. The number of hydrogen-bond acceptors (Lipinski definition) is 5. The standard InChI is InChI=1S/C23H18Cl2N2O5S/c1-13(23(29)30)9-14-3-8-21(26-12-14)18-10-15(4-7-19(18)24)27-22(28)17-6-5-16(11-20(17)25)33(2,31)32/h3-12H,1-2H3,(H,27,28)(H,29,30)/b13-9+. The third-order valence-electron chi connectivity index (χ3n) is 4.62. The van der Waals surface area contributed by atoms with Gasteiger partial charge in [-0.15, -0.1) is 0 Å². The minimum absolute atomic E-state index is 0.00609. The van der Waals surface area contributed by atoms with Gasteiger partial charge in [-0.1, -0.05) is 29.3 Å². The number of carboxylic acids is 1. The van der Waals surface area contributed by atoms with Crippen LogP contribution in [0.2, 0.25) is 10.0 Å². The predicted octanol–water partition coefficient (Wildman–Crippen LogP) is 5.20. The molecule has 1 aromatic heterocycles. The third kappa shape index (κ3) is 5.98. The van der Waals surface area contributed by atoms with Crippen molar-refractivity contribution in [1.82, 2.24) is 4.98 Å². The molecule has 1 heterocycles. The molecule has 3 rings (SSSR count). The van der Waals surface area contributed by atoms with Crippen molar-refractivity contribution in [1.29, 1.82) is 0 Å². The number of carboxylic acid groups (broad SMARTS) is 1. The van der Waals surface area contributed by atoms with Crippen LogP contribution in [0.4, 0.5) is 5.69 Å². The summed E-state index contributed by atoms with van der Waals surface area (Å²) < 4.78 is 23.3. The molecular weight excluding hydrogens is 487 g/mol. The number of nitrogens with one attached hydrogen (secondary N) is 1. The second-order valence-corrected chi connectivity index (χ2v) is 10.0. The normalized spacial score (nSPS) is 11.8. The Hall–Kier alpha value is -3.20. The summed E-state index contributed by atoms with van der Waals surface area (Å²) in [6, 6.07) is 12.1. The maximum atomic E-state index is 12.7. The molecular formula is C23H18Cl2N2O5S. The van der Waals surface area contributed by atoms with E-state index < -0.39 is 21.7 Å². The van der Waals surface area contributed by atoms with Gasteiger partial charge in [0.1, 0.15) is 0 Å². The topological polar surface area (TPSA) is 113 Å². The smallest absolute Gasteiger partial charge is 0.331 e. The summed E-state index contributed by atoms with van der Waals surface area (Å²) in [5, 5.41) is 12.1. The lowest BCUT2D eigenvalue weighted by molar-refractivity contribution is -0.132. The Kier molecular flexibility index (Phi) is 7.22. The molecule has 0 saturated carbocycles. The molecule has 170 valence electrons. The largest absolute Gasteiger partial charge is 0.478 e. The van der Waals surface area contributed by atoms with E-state index in [1.807, 2.05) is 0 Å². The summed E-state index contributed by atoms with van der Waals surface area (Å²) in [6.45, 7) is 1.49. The van der Waals surface area contributed by atoms with Crippen LogP contribution in [-0.4, -0.2) is 36.6 Å². The number of hydrogen-bond donors (Lipinski definition) is 2. The molecule has 2 N–H and O–H groups in total. The van der Waals surface area contributed by atoms with Gasteiger partial charge in [0.2, 0.25) is 0 Å². The average Bonchev–Trinajstić information content (AvgIpc) is 2.74. The summed E-state index contributed by atoms with van der Waals surface area (Å²) >= 11 is 12.4. The van der Waals surface area contributed by atoms with E-state index in [1.54, 1.807) is 30.3 Å². The molecule has 0 atom stereocenters. The number of benzene rings is 2. The zero-order chi connectivity index (χ0) is 24.3. The summed E-state index contributed by atoms with van der Waals surface area (Å²) in [5.74, 6) is -1.54. The van der Waals surface area contributed by atoms with Crippen LogP contribution in [0.5, 0.6) is 0 Å². The number of carbonyl (C=O) groups excluding carboxylic acids is 1. The van der Waals surface area contributed by atoms with Crippen molar-refractivity contribution in [2.75, 3.05) is 11.6 Å². The van der Waals surface area contributed by atoms with Crippen LogP contribution < -0.4 is 5.32 Å². The first kappa shape index (κ1) is 24.4. The molecule has 0 aliphatic rings. The van der Waals surface area contributed by atoms with Crippen molar-refractivity contribution in [3.05, 3.63) is 81.5 Å². The number of anilines is 1. The van der Waals surface area contributed by atoms with E-state index in [1.165, 1.54) is 37.4 Å². The first-order chi connectivity index (χ1) is 15.5. The molecule has 0 aliphatic carbocycles. The van der Waals surface area contributed by atoms with E-state index in [4.69, 9.17) is 28.3 Å². The Balaban J connectivity index is 1.86. The Morgan fingerprint density at radius 3 is 2.33 bits per heavy atom. The highest BCUT2D eigenvalue weighted by molar-refractivity contribution is 7.90. The Bertz CT molecular complexity index is 1380. The second-order valence-electron chi connectivity index (χ2n) is 7.17. The molecule has 3 aromatic rings. The first-order valence-corrected chi connectivity index (χ1v) is 12.1. The Morgan fingerprint density at radius 1 is 1.03 bits per heavy atom. The van der Waals surface area contributed by atoms with Crippen LogP contribution in [0.15, 0.2) is 65.2 Å². The second kappa shape index (κ2) is 9.74. The SMILES string of the molecule is C/C(=C\c1ccc(-c2cc(NC(=O)c3ccc(S(C)(=O)=O)cc3Cl)ccc2Cl)nc1)C(=O)O. The maximum Gasteiger partial charge on any atom is 0.331 e. The van der Waals surface area contributed by atoms with Crippen molar-refractivity contribution >= 4 is 56.7 Å². The Labute approximate surface area is 200 Å². The van der Waals surface area contributed by atoms with E-state index in [0.29, 0.717) is 27.5 Å². The predicted molar refractivity (Wildman–Crippen MR) is 128 cm³/mol. The van der Waals surface area contributed by atoms with Gasteiger partial charge in [-0.2, -0.15) is 0 Å². The number of halogens is 2. The number of carbonyl (C=O) groups is 2. The molecule has 0 fully saturated rings. The number of rotatable bonds is 6. The van der Waals surface area contributed by atoms with Gasteiger partial charge in [0.05, 0.1) is 26.2 Å². The van der Waals surface area contributed by atoms with Crippen LogP contribution in [0.1, 0.15) is 22.8 Å². The first-order valence-electron chi connectivity index (χ1n) is 9.44. The zero-order valence-electron chi connectivity index (χ0n) is 17.5. The van der Waals surface area contributed by atoms with Gasteiger partial charge in [-0.25, -0.2) is 13.2 Å². The number of sulfone groups is 1. The summed E-state index contributed by atoms with van der Waals surface area (Å²) in [5.41, 5.74) is 2.41. The maximum absolute atomic E-state index is 12.7. The third-order valence-corrected chi connectivity index (χ3v) is 6.37. The number of aliphatic carboxylic acids is 1. The highest BCUT2D eigenvalue weighted by Crippen LogP contribution is 2.30. The molecule has 0 aliphatic heterocycles. The van der Waals surface area contributed by atoms with Crippen molar-refractivity contribution in [3.8, 4) is 11.3 Å². The van der Waals surface area contributed by atoms with Gasteiger partial charge in [0, 0.05) is 29.3 Å². The molecule has 7 nitrogen and oxygen atoms in total. The Morgan fingerprint density at radius 2 is 1.76 bits per heavy atom. The van der Waals surface area contributed by atoms with Crippen LogP contribution >= 0.6 is 23.2 Å². The molecule has 0 spiro atoms. The monoisotopic (exact) mass is 504 g/mol. The number of aromatic nitrogens is 1. The van der Waals surface area contributed by atoms with E-state index in [-0.39, 0.29) is 21.1 Å². The van der Waals surface area contributed by atoms with Crippen molar-refractivity contribution in [2.24, 2.45) is 0 Å². The summed E-state index contributed by atoms with van der Waals surface area (Å²) in [7, 11) is -3.45. The highest BCUT2D eigenvalue weighted by Gasteiger charge is 2.16. The van der Waals surface area contributed by atoms with Crippen molar-refractivity contribution in [2.45, 2.75) is 11.8 Å². The lowest BCUT2D eigenvalue weighted by Crippen LogP contribution is -2.13. The zero-order valence-corrected chi connectivity index (χ0v) is 19.8. The molecule has 1 amide bonds.